The summed E-state index contributed by atoms with van der Waals surface area (Å²) >= 11 is 0. The Balaban J connectivity index is 1.72. The van der Waals surface area contributed by atoms with Gasteiger partial charge < -0.3 is 16.2 Å². The SMILES string of the molecule is N[C@@H](Cc1ccc(O)cc1)C(=O)NCC(=O)C[P+](O)(O)CC1CCCCC1. The van der Waals surface area contributed by atoms with Crippen LogP contribution in [0.2, 0.25) is 0 Å². The minimum absolute atomic E-state index is 0.135. The van der Waals surface area contributed by atoms with Gasteiger partial charge in [-0.3, -0.25) is 9.59 Å². The molecule has 7 nitrogen and oxygen atoms in total. The number of nitrogens with one attached hydrogen (secondary N) is 1. The third-order valence-electron chi connectivity index (χ3n) is 4.89. The summed E-state index contributed by atoms with van der Waals surface area (Å²) in [6.07, 6.45) is 5.65. The predicted octanol–water partition coefficient (Wildman–Crippen LogP) is 1.36. The van der Waals surface area contributed by atoms with Crippen LogP contribution in [0.3, 0.4) is 0 Å². The summed E-state index contributed by atoms with van der Waals surface area (Å²) < 4.78 is 0. The van der Waals surface area contributed by atoms with E-state index in [0.717, 1.165) is 31.2 Å². The van der Waals surface area contributed by atoms with E-state index in [9.17, 15) is 24.5 Å². The fourth-order valence-corrected chi connectivity index (χ4v) is 5.48. The second-order valence-electron chi connectivity index (χ2n) is 7.46. The highest BCUT2D eigenvalue weighted by Crippen LogP contribution is 2.52. The smallest absolute Gasteiger partial charge is 0.275 e. The topological polar surface area (TPSA) is 133 Å². The van der Waals surface area contributed by atoms with Crippen molar-refractivity contribution in [2.24, 2.45) is 11.7 Å². The van der Waals surface area contributed by atoms with Crippen molar-refractivity contribution in [3.05, 3.63) is 29.8 Å². The first-order chi connectivity index (χ1) is 12.7. The van der Waals surface area contributed by atoms with Crippen LogP contribution in [-0.2, 0) is 16.0 Å². The van der Waals surface area contributed by atoms with E-state index in [0.29, 0.717) is 6.16 Å². The summed E-state index contributed by atoms with van der Waals surface area (Å²) in [6, 6.07) is 5.56. The van der Waals surface area contributed by atoms with E-state index in [1.807, 2.05) is 0 Å². The molecular weight excluding hydrogens is 367 g/mol. The Bertz CT molecular complexity index is 629. The molecule has 1 aliphatic rings. The number of hydrogen-bond acceptors (Lipinski definition) is 6. The van der Waals surface area contributed by atoms with Gasteiger partial charge in [-0.2, -0.15) is 0 Å². The number of amides is 1. The van der Waals surface area contributed by atoms with Crippen LogP contribution >= 0.6 is 7.72 Å². The molecule has 1 atom stereocenters. The largest absolute Gasteiger partial charge is 0.508 e. The highest BCUT2D eigenvalue weighted by molar-refractivity contribution is 7.65. The Morgan fingerprint density at radius 1 is 1.15 bits per heavy atom. The van der Waals surface area contributed by atoms with Gasteiger partial charge >= 0.3 is 0 Å². The first-order valence-corrected chi connectivity index (χ1v) is 11.5. The van der Waals surface area contributed by atoms with E-state index >= 15 is 0 Å². The zero-order valence-electron chi connectivity index (χ0n) is 15.5. The van der Waals surface area contributed by atoms with E-state index in [-0.39, 0.29) is 30.8 Å². The van der Waals surface area contributed by atoms with E-state index in [2.05, 4.69) is 5.32 Å². The maximum absolute atomic E-state index is 12.0. The van der Waals surface area contributed by atoms with Crippen molar-refractivity contribution in [2.45, 2.75) is 44.6 Å². The summed E-state index contributed by atoms with van der Waals surface area (Å²) in [5.74, 6) is -0.448. The minimum Gasteiger partial charge on any atom is -0.508 e. The number of ketones is 1. The second-order valence-corrected chi connectivity index (χ2v) is 9.90. The molecule has 0 heterocycles. The van der Waals surface area contributed by atoms with Crippen molar-refractivity contribution in [1.29, 1.82) is 0 Å². The number of phenols is 1. The Morgan fingerprint density at radius 3 is 2.41 bits per heavy atom. The fourth-order valence-electron chi connectivity index (χ4n) is 3.48. The van der Waals surface area contributed by atoms with Crippen LogP contribution in [0.25, 0.3) is 0 Å². The zero-order valence-corrected chi connectivity index (χ0v) is 16.4. The normalized spacial score (nSPS) is 16.7. The van der Waals surface area contributed by atoms with Gasteiger partial charge in [-0.25, -0.2) is 9.79 Å². The molecule has 27 heavy (non-hydrogen) atoms. The molecule has 0 spiro atoms. The minimum atomic E-state index is -3.27. The van der Waals surface area contributed by atoms with Crippen molar-refractivity contribution in [3.63, 3.8) is 0 Å². The Labute approximate surface area is 160 Å². The van der Waals surface area contributed by atoms with Crippen molar-refractivity contribution in [1.82, 2.24) is 5.32 Å². The molecule has 1 aliphatic carbocycles. The number of benzene rings is 1. The molecule has 1 saturated carbocycles. The number of aromatic hydroxyl groups is 1. The second kappa shape index (κ2) is 10.1. The van der Waals surface area contributed by atoms with E-state index in [1.165, 1.54) is 18.6 Å². The molecule has 6 N–H and O–H groups in total. The number of phenolic OH excluding ortho intramolecular Hbond substituents is 1. The molecule has 0 saturated heterocycles. The van der Waals surface area contributed by atoms with Gasteiger partial charge in [-0.05, 0) is 42.9 Å². The molecule has 8 heteroatoms. The van der Waals surface area contributed by atoms with Crippen LogP contribution in [0.15, 0.2) is 24.3 Å². The number of carbonyl (C=O) groups excluding carboxylic acids is 2. The monoisotopic (exact) mass is 397 g/mol. The zero-order chi connectivity index (χ0) is 19.9. The van der Waals surface area contributed by atoms with E-state index in [1.54, 1.807) is 12.1 Å². The lowest BCUT2D eigenvalue weighted by atomic mass is 9.91. The van der Waals surface area contributed by atoms with Gasteiger partial charge in [-0.1, -0.05) is 31.4 Å². The number of Topliss-reactive ketones (excluding diaryl/α,β-unsaturated/α-hetero) is 1. The lowest BCUT2D eigenvalue weighted by Crippen LogP contribution is -2.44. The van der Waals surface area contributed by atoms with Gasteiger partial charge in [0.2, 0.25) is 5.91 Å². The van der Waals surface area contributed by atoms with Crippen LogP contribution in [0.4, 0.5) is 0 Å². The lowest BCUT2D eigenvalue weighted by molar-refractivity contribution is -0.125. The quantitative estimate of drug-likeness (QED) is 0.400. The first kappa shape index (κ1) is 21.8. The molecule has 0 bridgehead atoms. The van der Waals surface area contributed by atoms with Crippen LogP contribution in [-0.4, -0.2) is 51.5 Å². The van der Waals surface area contributed by atoms with Crippen molar-refractivity contribution >= 4 is 19.4 Å². The number of rotatable bonds is 9. The van der Waals surface area contributed by atoms with Gasteiger partial charge in [0, 0.05) is 0 Å². The summed E-state index contributed by atoms with van der Waals surface area (Å²) in [6.45, 7) is -0.254. The molecule has 0 unspecified atom stereocenters. The van der Waals surface area contributed by atoms with Gasteiger partial charge in [0.05, 0.1) is 12.6 Å². The molecule has 0 aromatic heterocycles. The van der Waals surface area contributed by atoms with Crippen molar-refractivity contribution in [2.75, 3.05) is 18.9 Å². The molecule has 150 valence electrons. The Hall–Kier alpha value is -1.53. The molecule has 0 aliphatic heterocycles. The summed E-state index contributed by atoms with van der Waals surface area (Å²) in [5, 5.41) is 11.7. The molecule has 1 amide bonds. The highest BCUT2D eigenvalue weighted by atomic mass is 31.2. The average molecular weight is 397 g/mol. The van der Waals surface area contributed by atoms with Crippen LogP contribution in [0.5, 0.6) is 5.75 Å². The predicted molar refractivity (Wildman–Crippen MR) is 105 cm³/mol. The molecule has 2 rings (SSSR count). The molecule has 1 aromatic carbocycles. The van der Waals surface area contributed by atoms with Crippen LogP contribution in [0, 0.1) is 5.92 Å². The maximum Gasteiger partial charge on any atom is 0.275 e. The Kier molecular flexibility index (Phi) is 8.17. The standard InChI is InChI=1S/C19H29N2O5P/c20-18(10-14-6-8-16(22)9-7-14)19(24)21-11-17(23)13-27(25,26)12-15-4-2-1-3-5-15/h6-9,15,18,25-26H,1-5,10-13,20H2,(H-,21,22,24)/p+1/t18-/m0/s1. The summed E-state index contributed by atoms with van der Waals surface area (Å²) in [5.41, 5.74) is 6.64. The van der Waals surface area contributed by atoms with Crippen molar-refractivity contribution < 1.29 is 24.5 Å². The van der Waals surface area contributed by atoms with Crippen LogP contribution < -0.4 is 11.1 Å². The molecule has 1 aromatic rings. The summed E-state index contributed by atoms with van der Waals surface area (Å²) in [7, 11) is -3.27. The average Bonchev–Trinajstić information content (AvgIpc) is 2.61. The molecule has 0 radical (unpaired) electrons. The van der Waals surface area contributed by atoms with E-state index in [4.69, 9.17) is 5.73 Å². The molecular formula is C19H30N2O5P+. The number of carbonyl (C=O) groups is 2. The van der Waals surface area contributed by atoms with Crippen molar-refractivity contribution in [3.8, 4) is 5.75 Å². The fraction of sp³-hybridized carbons (Fsp3) is 0.579. The lowest BCUT2D eigenvalue weighted by Gasteiger charge is -2.23. The van der Waals surface area contributed by atoms with Crippen LogP contribution in [0.1, 0.15) is 37.7 Å². The van der Waals surface area contributed by atoms with Gasteiger partial charge in [0.15, 0.2) is 11.9 Å². The third-order valence-corrected chi connectivity index (χ3v) is 6.85. The molecule has 1 fully saturated rings. The first-order valence-electron chi connectivity index (χ1n) is 9.40. The maximum atomic E-state index is 12.0. The van der Waals surface area contributed by atoms with E-state index < -0.39 is 25.4 Å². The summed E-state index contributed by atoms with van der Waals surface area (Å²) in [4.78, 5) is 44.5. The van der Waals surface area contributed by atoms with Gasteiger partial charge in [0.1, 0.15) is 11.9 Å². The Morgan fingerprint density at radius 2 is 1.78 bits per heavy atom. The van der Waals surface area contributed by atoms with Gasteiger partial charge in [0.25, 0.3) is 7.72 Å². The highest BCUT2D eigenvalue weighted by Gasteiger charge is 2.39. The third kappa shape index (κ3) is 7.93. The number of nitrogens with two attached hydrogens (primary N) is 1. The van der Waals surface area contributed by atoms with Gasteiger partial charge in [-0.15, -0.1) is 0 Å². The number of hydrogen-bond donors (Lipinski definition) is 5.